The van der Waals surface area contributed by atoms with Gasteiger partial charge in [-0.25, -0.2) is 18.0 Å². The molecule has 150 valence electrons. The molecule has 0 radical (unpaired) electrons. The molecule has 10 heteroatoms. The number of benzene rings is 2. The van der Waals surface area contributed by atoms with Crippen molar-refractivity contribution in [2.45, 2.75) is 12.0 Å². The van der Waals surface area contributed by atoms with Crippen LogP contribution >= 0.6 is 0 Å². The highest BCUT2D eigenvalue weighted by molar-refractivity contribution is 6.10. The average Bonchev–Trinajstić information content (AvgIpc) is 2.93. The van der Waals surface area contributed by atoms with E-state index in [9.17, 15) is 27.6 Å². The van der Waals surface area contributed by atoms with Gasteiger partial charge in [-0.15, -0.1) is 0 Å². The molecule has 2 aromatic carbocycles. The van der Waals surface area contributed by atoms with Crippen LogP contribution in [0.1, 0.15) is 12.0 Å². The number of rotatable bonds is 3. The van der Waals surface area contributed by atoms with E-state index in [1.165, 1.54) is 0 Å². The first-order valence-electron chi connectivity index (χ1n) is 8.63. The number of para-hydroxylation sites is 1. The van der Waals surface area contributed by atoms with Crippen molar-refractivity contribution in [3.8, 4) is 5.75 Å². The van der Waals surface area contributed by atoms with Gasteiger partial charge in [0.25, 0.3) is 5.91 Å². The highest BCUT2D eigenvalue weighted by Gasteiger charge is 2.55. The second-order valence-electron chi connectivity index (χ2n) is 6.59. The molecular formula is C19H14F3N3O4. The van der Waals surface area contributed by atoms with Crippen LogP contribution in [0.25, 0.3) is 0 Å². The molecule has 0 aliphatic carbocycles. The van der Waals surface area contributed by atoms with Crippen molar-refractivity contribution >= 4 is 23.5 Å². The zero-order valence-corrected chi connectivity index (χ0v) is 14.8. The fourth-order valence-corrected chi connectivity index (χ4v) is 3.47. The molecule has 0 saturated carbocycles. The van der Waals surface area contributed by atoms with Gasteiger partial charge >= 0.3 is 6.03 Å². The third-order valence-corrected chi connectivity index (χ3v) is 4.87. The molecule has 29 heavy (non-hydrogen) atoms. The van der Waals surface area contributed by atoms with Crippen molar-refractivity contribution in [1.82, 2.24) is 10.2 Å². The lowest BCUT2D eigenvalue weighted by Gasteiger charge is -2.33. The number of halogens is 3. The third-order valence-electron chi connectivity index (χ3n) is 4.87. The largest absolute Gasteiger partial charge is 0.493 e. The third kappa shape index (κ3) is 2.96. The number of imide groups is 1. The molecule has 7 nitrogen and oxygen atoms in total. The molecule has 2 heterocycles. The quantitative estimate of drug-likeness (QED) is 0.606. The van der Waals surface area contributed by atoms with E-state index in [2.05, 4.69) is 5.32 Å². The number of carbonyl (C=O) groups is 3. The van der Waals surface area contributed by atoms with E-state index in [1.54, 1.807) is 24.3 Å². The van der Waals surface area contributed by atoms with Gasteiger partial charge in [0.2, 0.25) is 5.91 Å². The molecule has 2 aliphatic rings. The molecule has 1 atom stereocenters. The summed E-state index contributed by atoms with van der Waals surface area (Å²) in [5, 5.41) is 4.65. The lowest BCUT2D eigenvalue weighted by molar-refractivity contribution is -0.135. The smallest absolute Gasteiger partial charge is 0.325 e. The van der Waals surface area contributed by atoms with Crippen LogP contribution in [0, 0.1) is 17.5 Å². The van der Waals surface area contributed by atoms with Crippen molar-refractivity contribution in [3.63, 3.8) is 0 Å². The van der Waals surface area contributed by atoms with E-state index < -0.39 is 53.1 Å². The standard InChI is InChI=1S/C19H14F3N3O4/c20-11-5-6-12(16(22)15(11)21)23-14(26)9-25-17(27)19(24-18(25)28)7-8-29-13-4-2-1-3-10(13)19/h1-6H,7-9H2,(H,23,26)(H,24,28)/t19-/m1/s1. The Morgan fingerprint density at radius 2 is 1.90 bits per heavy atom. The summed E-state index contributed by atoms with van der Waals surface area (Å²) in [6, 6.07) is 7.41. The molecule has 1 saturated heterocycles. The van der Waals surface area contributed by atoms with Crippen LogP contribution in [-0.4, -0.2) is 35.9 Å². The first-order chi connectivity index (χ1) is 13.8. The van der Waals surface area contributed by atoms with E-state index in [4.69, 9.17) is 4.74 Å². The van der Waals surface area contributed by atoms with Gasteiger partial charge in [-0.1, -0.05) is 18.2 Å². The van der Waals surface area contributed by atoms with Gasteiger partial charge < -0.3 is 15.4 Å². The van der Waals surface area contributed by atoms with Gasteiger partial charge in [0, 0.05) is 12.0 Å². The second-order valence-corrected chi connectivity index (χ2v) is 6.59. The summed E-state index contributed by atoms with van der Waals surface area (Å²) in [5.74, 6) is -5.88. The zero-order chi connectivity index (χ0) is 20.8. The summed E-state index contributed by atoms with van der Waals surface area (Å²) in [7, 11) is 0. The minimum atomic E-state index is -1.74. The Kier molecular flexibility index (Phi) is 4.40. The molecule has 4 rings (SSSR count). The van der Waals surface area contributed by atoms with E-state index in [-0.39, 0.29) is 13.0 Å². The van der Waals surface area contributed by atoms with E-state index in [1.807, 2.05) is 5.32 Å². The van der Waals surface area contributed by atoms with Crippen LogP contribution < -0.4 is 15.4 Å². The molecule has 1 fully saturated rings. The summed E-state index contributed by atoms with van der Waals surface area (Å²) in [5.41, 5.74) is -1.49. The maximum atomic E-state index is 13.7. The number of carbonyl (C=O) groups excluding carboxylic acids is 3. The SMILES string of the molecule is O=C(CN1C(=O)N[C@@]2(CCOc3ccccc32)C1=O)Nc1ccc(F)c(F)c1F. The number of fused-ring (bicyclic) bond motifs is 2. The first kappa shape index (κ1) is 18.8. The topological polar surface area (TPSA) is 87.7 Å². The van der Waals surface area contributed by atoms with Gasteiger partial charge in [0.15, 0.2) is 23.0 Å². The molecule has 4 amide bonds. The Morgan fingerprint density at radius 3 is 2.69 bits per heavy atom. The molecule has 0 aromatic heterocycles. The minimum absolute atomic E-state index is 0.171. The van der Waals surface area contributed by atoms with E-state index in [0.29, 0.717) is 22.3 Å². The fraction of sp³-hybridized carbons (Fsp3) is 0.211. The molecule has 2 aromatic rings. The maximum absolute atomic E-state index is 13.7. The van der Waals surface area contributed by atoms with Crippen LogP contribution in [0.15, 0.2) is 36.4 Å². The van der Waals surface area contributed by atoms with Crippen molar-refractivity contribution in [2.75, 3.05) is 18.5 Å². The predicted octanol–water partition coefficient (Wildman–Crippen LogP) is 2.27. The fourth-order valence-electron chi connectivity index (χ4n) is 3.47. The van der Waals surface area contributed by atoms with Crippen molar-refractivity contribution in [1.29, 1.82) is 0 Å². The van der Waals surface area contributed by atoms with Crippen molar-refractivity contribution < 1.29 is 32.3 Å². The van der Waals surface area contributed by atoms with E-state index in [0.717, 1.165) is 6.07 Å². The average molecular weight is 405 g/mol. The van der Waals surface area contributed by atoms with Gasteiger partial charge in [0.1, 0.15) is 12.3 Å². The summed E-state index contributed by atoms with van der Waals surface area (Å²) in [6.45, 7) is -0.545. The highest BCUT2D eigenvalue weighted by Crippen LogP contribution is 2.40. The van der Waals surface area contributed by atoms with E-state index >= 15 is 0 Å². The van der Waals surface area contributed by atoms with Crippen LogP contribution in [0.3, 0.4) is 0 Å². The number of urea groups is 1. The molecule has 2 aliphatic heterocycles. The van der Waals surface area contributed by atoms with Gasteiger partial charge in [-0.3, -0.25) is 14.5 Å². The monoisotopic (exact) mass is 405 g/mol. The molecule has 2 N–H and O–H groups in total. The molecule has 0 bridgehead atoms. The Hall–Kier alpha value is -3.56. The summed E-state index contributed by atoms with van der Waals surface area (Å²) < 4.78 is 45.6. The summed E-state index contributed by atoms with van der Waals surface area (Å²) in [6.07, 6.45) is 0.171. The summed E-state index contributed by atoms with van der Waals surface area (Å²) >= 11 is 0. The highest BCUT2D eigenvalue weighted by atomic mass is 19.2. The number of anilines is 1. The normalized spacial score (nSPS) is 20.3. The molecule has 0 unspecified atom stereocenters. The number of hydrogen-bond donors (Lipinski definition) is 2. The number of amides is 4. The summed E-state index contributed by atoms with van der Waals surface area (Å²) in [4.78, 5) is 38.4. The predicted molar refractivity (Wildman–Crippen MR) is 93.4 cm³/mol. The van der Waals surface area contributed by atoms with Gasteiger partial charge in [0.05, 0.1) is 12.3 Å². The Bertz CT molecular complexity index is 1050. The minimum Gasteiger partial charge on any atom is -0.493 e. The van der Waals surface area contributed by atoms with Gasteiger partial charge in [-0.2, -0.15) is 0 Å². The van der Waals surface area contributed by atoms with Crippen LogP contribution in [0.5, 0.6) is 5.75 Å². The van der Waals surface area contributed by atoms with Crippen LogP contribution in [0.4, 0.5) is 23.7 Å². The number of hydrogen-bond acceptors (Lipinski definition) is 4. The number of nitrogens with zero attached hydrogens (tertiary/aromatic N) is 1. The Labute approximate surface area is 162 Å². The second kappa shape index (κ2) is 6.80. The van der Waals surface area contributed by atoms with Crippen molar-refractivity contribution in [3.05, 3.63) is 59.4 Å². The first-order valence-corrected chi connectivity index (χ1v) is 8.63. The number of nitrogens with one attached hydrogen (secondary N) is 2. The maximum Gasteiger partial charge on any atom is 0.325 e. The Morgan fingerprint density at radius 1 is 1.14 bits per heavy atom. The lowest BCUT2D eigenvalue weighted by Crippen LogP contribution is -2.48. The number of ether oxygens (including phenoxy) is 1. The van der Waals surface area contributed by atoms with Crippen molar-refractivity contribution in [2.24, 2.45) is 0 Å². The van der Waals surface area contributed by atoms with Gasteiger partial charge in [-0.05, 0) is 18.2 Å². The molecule has 1 spiro atoms. The Balaban J connectivity index is 1.55. The zero-order valence-electron chi connectivity index (χ0n) is 14.8. The van der Waals surface area contributed by atoms with Crippen LogP contribution in [-0.2, 0) is 15.1 Å². The molecular weight excluding hydrogens is 391 g/mol. The lowest BCUT2D eigenvalue weighted by atomic mass is 9.84. The van der Waals surface area contributed by atoms with Crippen LogP contribution in [0.2, 0.25) is 0 Å².